The third-order valence-corrected chi connectivity index (χ3v) is 3.86. The first-order valence-corrected chi connectivity index (χ1v) is 7.09. The van der Waals surface area contributed by atoms with Crippen LogP contribution in [0.4, 0.5) is 8.78 Å². The van der Waals surface area contributed by atoms with Crippen molar-refractivity contribution in [2.24, 2.45) is 5.73 Å². The molecular weight excluding hydrogens is 262 g/mol. The van der Waals surface area contributed by atoms with E-state index in [9.17, 15) is 8.78 Å². The number of nitrogens with two attached hydrogens (primary N) is 1. The molecule has 2 rings (SSSR count). The second-order valence-electron chi connectivity index (χ2n) is 5.11. The average molecular weight is 284 g/mol. The first-order chi connectivity index (χ1) is 9.65. The topological polar surface area (TPSA) is 38.5 Å². The molecule has 0 amide bonds. The van der Waals surface area contributed by atoms with Crippen LogP contribution in [0.15, 0.2) is 24.3 Å². The molecule has 0 spiro atoms. The molecule has 112 valence electrons. The quantitative estimate of drug-likeness (QED) is 0.903. The predicted molar refractivity (Wildman–Crippen MR) is 74.8 cm³/mol. The summed E-state index contributed by atoms with van der Waals surface area (Å²) in [7, 11) is 0. The Morgan fingerprint density at radius 1 is 1.30 bits per heavy atom. The summed E-state index contributed by atoms with van der Waals surface area (Å²) in [6, 6.07) is 6.56. The van der Waals surface area contributed by atoms with Crippen LogP contribution in [0.5, 0.6) is 0 Å². The van der Waals surface area contributed by atoms with Crippen LogP contribution in [-0.2, 0) is 4.74 Å². The summed E-state index contributed by atoms with van der Waals surface area (Å²) in [6.07, 6.45) is -1.22. The molecule has 0 radical (unpaired) electrons. The molecule has 1 aromatic rings. The van der Waals surface area contributed by atoms with Gasteiger partial charge in [0.1, 0.15) is 0 Å². The Morgan fingerprint density at radius 3 is 2.50 bits per heavy atom. The van der Waals surface area contributed by atoms with Crippen molar-refractivity contribution in [1.82, 2.24) is 4.90 Å². The molecule has 1 fully saturated rings. The molecule has 1 saturated heterocycles. The van der Waals surface area contributed by atoms with Crippen LogP contribution >= 0.6 is 0 Å². The van der Waals surface area contributed by atoms with Crippen LogP contribution in [0, 0.1) is 0 Å². The molecule has 1 aliphatic rings. The fourth-order valence-electron chi connectivity index (χ4n) is 2.63. The summed E-state index contributed by atoms with van der Waals surface area (Å²) in [5.41, 5.74) is 6.94. The minimum Gasteiger partial charge on any atom is -0.376 e. The highest BCUT2D eigenvalue weighted by Crippen LogP contribution is 2.25. The molecule has 0 aliphatic carbocycles. The highest BCUT2D eigenvalue weighted by atomic mass is 19.3. The van der Waals surface area contributed by atoms with Crippen molar-refractivity contribution in [3.8, 4) is 0 Å². The van der Waals surface area contributed by atoms with Crippen molar-refractivity contribution in [1.29, 1.82) is 0 Å². The molecule has 2 unspecified atom stereocenters. The Labute approximate surface area is 118 Å². The first-order valence-electron chi connectivity index (χ1n) is 7.09. The maximum atomic E-state index is 12.6. The zero-order chi connectivity index (χ0) is 14.5. The van der Waals surface area contributed by atoms with E-state index >= 15 is 0 Å². The number of nitrogens with zero attached hydrogens (tertiary/aromatic N) is 1. The lowest BCUT2D eigenvalue weighted by atomic mass is 10.0. The summed E-state index contributed by atoms with van der Waals surface area (Å²) < 4.78 is 30.8. The van der Waals surface area contributed by atoms with E-state index in [-0.39, 0.29) is 17.7 Å². The molecule has 1 heterocycles. The van der Waals surface area contributed by atoms with Gasteiger partial charge in [-0.25, -0.2) is 8.78 Å². The van der Waals surface area contributed by atoms with Crippen LogP contribution in [-0.4, -0.2) is 37.2 Å². The van der Waals surface area contributed by atoms with Crippen molar-refractivity contribution >= 4 is 0 Å². The SMILES string of the molecule is CCC1CN(C(CN)c2ccc(C(F)F)cc2)CCO1. The lowest BCUT2D eigenvalue weighted by Gasteiger charge is -2.38. The summed E-state index contributed by atoms with van der Waals surface area (Å²) >= 11 is 0. The van der Waals surface area contributed by atoms with E-state index in [2.05, 4.69) is 11.8 Å². The fourth-order valence-corrected chi connectivity index (χ4v) is 2.63. The second kappa shape index (κ2) is 7.11. The van der Waals surface area contributed by atoms with E-state index in [4.69, 9.17) is 10.5 Å². The summed E-state index contributed by atoms with van der Waals surface area (Å²) in [6.45, 7) is 4.95. The molecule has 20 heavy (non-hydrogen) atoms. The van der Waals surface area contributed by atoms with E-state index in [1.54, 1.807) is 12.1 Å². The number of halogens is 2. The van der Waals surface area contributed by atoms with Gasteiger partial charge in [0.15, 0.2) is 0 Å². The lowest BCUT2D eigenvalue weighted by Crippen LogP contribution is -2.46. The zero-order valence-electron chi connectivity index (χ0n) is 11.8. The third-order valence-electron chi connectivity index (χ3n) is 3.86. The van der Waals surface area contributed by atoms with E-state index in [1.165, 1.54) is 12.1 Å². The molecule has 2 atom stereocenters. The Bertz CT molecular complexity index is 411. The molecule has 5 heteroatoms. The smallest absolute Gasteiger partial charge is 0.263 e. The van der Waals surface area contributed by atoms with Crippen LogP contribution < -0.4 is 5.73 Å². The highest BCUT2D eigenvalue weighted by molar-refractivity contribution is 5.26. The summed E-state index contributed by atoms with van der Waals surface area (Å²) in [4.78, 5) is 2.29. The van der Waals surface area contributed by atoms with Gasteiger partial charge in [-0.05, 0) is 12.0 Å². The van der Waals surface area contributed by atoms with Crippen molar-refractivity contribution < 1.29 is 13.5 Å². The number of morpholine rings is 1. The minimum atomic E-state index is -2.42. The fraction of sp³-hybridized carbons (Fsp3) is 0.600. The van der Waals surface area contributed by atoms with Crippen LogP contribution in [0.2, 0.25) is 0 Å². The summed E-state index contributed by atoms with van der Waals surface area (Å²) in [5, 5.41) is 0. The maximum Gasteiger partial charge on any atom is 0.263 e. The van der Waals surface area contributed by atoms with Crippen molar-refractivity contribution in [3.63, 3.8) is 0 Å². The van der Waals surface area contributed by atoms with Gasteiger partial charge in [-0.3, -0.25) is 4.90 Å². The number of ether oxygens (including phenoxy) is 1. The van der Waals surface area contributed by atoms with Crippen molar-refractivity contribution in [2.45, 2.75) is 31.9 Å². The van der Waals surface area contributed by atoms with Crippen molar-refractivity contribution in [2.75, 3.05) is 26.2 Å². The molecule has 1 aromatic carbocycles. The lowest BCUT2D eigenvalue weighted by molar-refractivity contribution is -0.0437. The van der Waals surface area contributed by atoms with Gasteiger partial charge in [-0.1, -0.05) is 31.2 Å². The van der Waals surface area contributed by atoms with Gasteiger partial charge in [-0.2, -0.15) is 0 Å². The molecule has 0 aromatic heterocycles. The molecule has 2 N–H and O–H groups in total. The highest BCUT2D eigenvalue weighted by Gasteiger charge is 2.25. The molecule has 0 bridgehead atoms. The molecule has 0 saturated carbocycles. The normalized spacial score (nSPS) is 22.1. The Morgan fingerprint density at radius 2 is 1.95 bits per heavy atom. The van der Waals surface area contributed by atoms with Gasteiger partial charge in [0.25, 0.3) is 6.43 Å². The number of hydrogen-bond acceptors (Lipinski definition) is 3. The molecular formula is C15H22F2N2O. The van der Waals surface area contributed by atoms with E-state index in [0.717, 1.165) is 25.1 Å². The molecule has 1 aliphatic heterocycles. The predicted octanol–water partition coefficient (Wildman–Crippen LogP) is 2.73. The monoisotopic (exact) mass is 284 g/mol. The first kappa shape index (κ1) is 15.4. The number of rotatable bonds is 5. The van der Waals surface area contributed by atoms with Gasteiger partial charge in [0, 0.05) is 31.2 Å². The largest absolute Gasteiger partial charge is 0.376 e. The minimum absolute atomic E-state index is 0.0536. The third kappa shape index (κ3) is 3.53. The maximum absolute atomic E-state index is 12.6. The Kier molecular flexibility index (Phi) is 5.46. The standard InChI is InChI=1S/C15H22F2N2O/c1-2-13-10-19(7-8-20-13)14(9-18)11-3-5-12(6-4-11)15(16)17/h3-6,13-15H,2,7-10,18H2,1H3. The van der Waals surface area contributed by atoms with Gasteiger partial charge < -0.3 is 10.5 Å². The Hall–Kier alpha value is -1.04. The van der Waals surface area contributed by atoms with Gasteiger partial charge in [0.2, 0.25) is 0 Å². The summed E-state index contributed by atoms with van der Waals surface area (Å²) in [5.74, 6) is 0. The van der Waals surface area contributed by atoms with E-state index in [1.807, 2.05) is 0 Å². The van der Waals surface area contributed by atoms with Gasteiger partial charge >= 0.3 is 0 Å². The van der Waals surface area contributed by atoms with Crippen LogP contribution in [0.3, 0.4) is 0 Å². The second-order valence-corrected chi connectivity index (χ2v) is 5.11. The molecule has 3 nitrogen and oxygen atoms in total. The van der Waals surface area contributed by atoms with Gasteiger partial charge in [0.05, 0.1) is 12.7 Å². The number of hydrogen-bond donors (Lipinski definition) is 1. The van der Waals surface area contributed by atoms with Crippen molar-refractivity contribution in [3.05, 3.63) is 35.4 Å². The zero-order valence-corrected chi connectivity index (χ0v) is 11.8. The van der Waals surface area contributed by atoms with Gasteiger partial charge in [-0.15, -0.1) is 0 Å². The van der Waals surface area contributed by atoms with Crippen LogP contribution in [0.1, 0.15) is 36.9 Å². The average Bonchev–Trinajstić information content (AvgIpc) is 2.49. The van der Waals surface area contributed by atoms with E-state index in [0.29, 0.717) is 13.2 Å². The number of alkyl halides is 2. The Balaban J connectivity index is 2.10. The van der Waals surface area contributed by atoms with E-state index < -0.39 is 6.43 Å². The van der Waals surface area contributed by atoms with Crippen LogP contribution in [0.25, 0.3) is 0 Å². The number of benzene rings is 1.